The van der Waals surface area contributed by atoms with Gasteiger partial charge in [0.25, 0.3) is 0 Å². The smallest absolute Gasteiger partial charge is 0.141 e. The molecule has 0 amide bonds. The molecule has 0 saturated heterocycles. The van der Waals surface area contributed by atoms with Gasteiger partial charge in [0.1, 0.15) is 18.4 Å². The van der Waals surface area contributed by atoms with Gasteiger partial charge < -0.3 is 4.74 Å². The summed E-state index contributed by atoms with van der Waals surface area (Å²) in [4.78, 5) is 4.86. The molecule has 4 nitrogen and oxygen atoms in total. The number of hydrogen-bond donors (Lipinski definition) is 0. The van der Waals surface area contributed by atoms with Crippen molar-refractivity contribution in [1.29, 1.82) is 10.5 Å². The maximum Gasteiger partial charge on any atom is 0.141 e. The molecular weight excluding hydrogens is 454 g/mol. The van der Waals surface area contributed by atoms with E-state index < -0.39 is 6.04 Å². The molecule has 4 aromatic rings. The number of nitrogens with zero attached hydrogens (tertiary/aromatic N) is 3. The first kappa shape index (κ1) is 22.4. The van der Waals surface area contributed by atoms with E-state index >= 15 is 0 Å². The van der Waals surface area contributed by atoms with Crippen LogP contribution in [0.5, 0.6) is 5.75 Å². The lowest BCUT2D eigenvalue weighted by Gasteiger charge is -2.22. The molecule has 0 fully saturated rings. The van der Waals surface area contributed by atoms with Gasteiger partial charge in [-0.15, -0.1) is 0 Å². The quantitative estimate of drug-likeness (QED) is 0.301. The van der Waals surface area contributed by atoms with Crippen LogP contribution in [-0.4, -0.2) is 11.8 Å². The van der Waals surface area contributed by atoms with E-state index in [1.54, 1.807) is 6.07 Å². The molecule has 35 heavy (non-hydrogen) atoms. The topological polar surface area (TPSA) is 69.2 Å². The molecule has 0 bridgehead atoms. The number of aliphatic imine (C=N–C) groups is 1. The summed E-state index contributed by atoms with van der Waals surface area (Å²) in [6.45, 7) is 0.380. The Hall–Kier alpha value is -4.38. The highest BCUT2D eigenvalue weighted by Crippen LogP contribution is 2.41. The van der Waals surface area contributed by atoms with Crippen LogP contribution in [0.15, 0.2) is 96.0 Å². The third-order valence-electron chi connectivity index (χ3n) is 6.00. The van der Waals surface area contributed by atoms with Crippen LogP contribution in [0.1, 0.15) is 27.8 Å². The molecule has 0 N–H and O–H groups in total. The first-order chi connectivity index (χ1) is 17.2. The number of benzene rings is 4. The summed E-state index contributed by atoms with van der Waals surface area (Å²) in [6, 6.07) is 33.0. The van der Waals surface area contributed by atoms with E-state index in [1.807, 2.05) is 84.9 Å². The van der Waals surface area contributed by atoms with Crippen LogP contribution >= 0.6 is 11.6 Å². The van der Waals surface area contributed by atoms with E-state index in [9.17, 15) is 10.5 Å². The molecule has 0 aliphatic carbocycles. The predicted octanol–water partition coefficient (Wildman–Crippen LogP) is 6.74. The summed E-state index contributed by atoms with van der Waals surface area (Å²) < 4.78 is 5.99. The molecule has 0 spiro atoms. The Morgan fingerprint density at radius 2 is 1.57 bits per heavy atom. The van der Waals surface area contributed by atoms with Crippen molar-refractivity contribution in [1.82, 2.24) is 0 Å². The number of halogens is 1. The van der Waals surface area contributed by atoms with Crippen LogP contribution in [0.2, 0.25) is 5.02 Å². The number of ether oxygens (including phenoxy) is 1. The summed E-state index contributed by atoms with van der Waals surface area (Å²) in [5.74, 6) is 0.716. The highest BCUT2D eigenvalue weighted by atomic mass is 35.5. The van der Waals surface area contributed by atoms with Crippen molar-refractivity contribution in [2.45, 2.75) is 19.1 Å². The Bertz CT molecular complexity index is 1460. The Kier molecular flexibility index (Phi) is 6.31. The van der Waals surface area contributed by atoms with Crippen molar-refractivity contribution in [2.24, 2.45) is 4.99 Å². The lowest BCUT2D eigenvalue weighted by molar-refractivity contribution is 0.302. The van der Waals surface area contributed by atoms with Crippen LogP contribution in [0.4, 0.5) is 0 Å². The lowest BCUT2D eigenvalue weighted by atomic mass is 9.93. The van der Waals surface area contributed by atoms with Gasteiger partial charge in [0.15, 0.2) is 0 Å². The molecule has 4 aromatic carbocycles. The van der Waals surface area contributed by atoms with E-state index in [-0.39, 0.29) is 0 Å². The Labute approximate surface area is 209 Å². The molecule has 0 saturated carbocycles. The predicted molar refractivity (Wildman–Crippen MR) is 138 cm³/mol. The van der Waals surface area contributed by atoms with Crippen LogP contribution in [0.25, 0.3) is 11.1 Å². The minimum absolute atomic E-state index is 0.357. The third-order valence-corrected chi connectivity index (χ3v) is 6.35. The van der Waals surface area contributed by atoms with Crippen molar-refractivity contribution in [3.05, 3.63) is 124 Å². The average Bonchev–Trinajstić information content (AvgIpc) is 2.91. The normalized spacial score (nSPS) is 12.2. The second kappa shape index (κ2) is 9.85. The minimum atomic E-state index is -0.630. The third kappa shape index (κ3) is 4.66. The largest absolute Gasteiger partial charge is 0.488 e. The molecule has 1 aliphatic rings. The van der Waals surface area contributed by atoms with Crippen LogP contribution in [0, 0.1) is 22.7 Å². The molecule has 0 radical (unpaired) electrons. The molecule has 1 heterocycles. The fraction of sp³-hybridized carbons (Fsp3) is 0.100. The van der Waals surface area contributed by atoms with Gasteiger partial charge in [-0.05, 0) is 41.0 Å². The summed E-state index contributed by atoms with van der Waals surface area (Å²) in [5.41, 5.74) is 6.92. The Morgan fingerprint density at radius 3 is 2.20 bits per heavy atom. The van der Waals surface area contributed by atoms with Gasteiger partial charge in [-0.2, -0.15) is 10.5 Å². The number of hydrogen-bond acceptors (Lipinski definition) is 4. The van der Waals surface area contributed by atoms with Gasteiger partial charge >= 0.3 is 0 Å². The number of fused-ring (bicyclic) bond motifs is 3. The van der Waals surface area contributed by atoms with Gasteiger partial charge in [0, 0.05) is 28.1 Å². The SMILES string of the molecule is N#Cc1ccc2c(c1)COc1cc(CC(C#N)N=C(c3ccccc3)c3ccccc3)c(Cl)cc1-2. The molecule has 1 atom stereocenters. The fourth-order valence-corrected chi connectivity index (χ4v) is 4.52. The molecule has 5 rings (SSSR count). The number of rotatable bonds is 5. The zero-order chi connectivity index (χ0) is 24.2. The molecule has 1 aliphatic heterocycles. The second-order valence-electron chi connectivity index (χ2n) is 8.27. The van der Waals surface area contributed by atoms with Gasteiger partial charge in [0.2, 0.25) is 0 Å². The van der Waals surface area contributed by atoms with Crippen LogP contribution < -0.4 is 4.74 Å². The van der Waals surface area contributed by atoms with E-state index in [0.29, 0.717) is 29.4 Å². The first-order valence-corrected chi connectivity index (χ1v) is 11.6. The average molecular weight is 474 g/mol. The van der Waals surface area contributed by atoms with Crippen molar-refractivity contribution in [3.63, 3.8) is 0 Å². The van der Waals surface area contributed by atoms with E-state index in [1.165, 1.54) is 0 Å². The summed E-state index contributed by atoms with van der Waals surface area (Å²) in [6.07, 6.45) is 0.357. The summed E-state index contributed by atoms with van der Waals surface area (Å²) >= 11 is 6.69. The zero-order valence-electron chi connectivity index (χ0n) is 18.8. The molecular formula is C30H20ClN3O. The van der Waals surface area contributed by atoms with Gasteiger partial charge in [0.05, 0.1) is 23.4 Å². The first-order valence-electron chi connectivity index (χ1n) is 11.2. The number of nitriles is 2. The molecule has 1 unspecified atom stereocenters. The minimum Gasteiger partial charge on any atom is -0.488 e. The monoisotopic (exact) mass is 473 g/mol. The molecule has 0 aromatic heterocycles. The van der Waals surface area contributed by atoms with E-state index in [2.05, 4.69) is 12.1 Å². The van der Waals surface area contributed by atoms with Crippen LogP contribution in [-0.2, 0) is 13.0 Å². The van der Waals surface area contributed by atoms with E-state index in [4.69, 9.17) is 21.3 Å². The van der Waals surface area contributed by atoms with Crippen LogP contribution in [0.3, 0.4) is 0 Å². The summed E-state index contributed by atoms with van der Waals surface area (Å²) in [5, 5.41) is 19.7. The second-order valence-corrected chi connectivity index (χ2v) is 8.68. The van der Waals surface area contributed by atoms with Gasteiger partial charge in [-0.3, -0.25) is 4.99 Å². The standard InChI is InChI=1S/C30H20ClN3O/c31-28-16-27-26-12-11-20(17-32)13-24(26)19-35-29(27)15-23(28)14-25(18-33)34-30(21-7-3-1-4-8-21)22-9-5-2-6-10-22/h1-13,15-16,25H,14,19H2. The van der Waals surface area contributed by atoms with Crippen molar-refractivity contribution < 1.29 is 4.74 Å². The lowest BCUT2D eigenvalue weighted by Crippen LogP contribution is -2.13. The zero-order valence-corrected chi connectivity index (χ0v) is 19.5. The van der Waals surface area contributed by atoms with Crippen molar-refractivity contribution >= 4 is 17.3 Å². The Morgan fingerprint density at radius 1 is 0.886 bits per heavy atom. The summed E-state index contributed by atoms with van der Waals surface area (Å²) in [7, 11) is 0. The maximum absolute atomic E-state index is 9.98. The molecule has 5 heteroatoms. The van der Waals surface area contributed by atoms with Gasteiger partial charge in [-0.25, -0.2) is 0 Å². The highest BCUT2D eigenvalue weighted by molar-refractivity contribution is 6.31. The van der Waals surface area contributed by atoms with Crippen molar-refractivity contribution in [2.75, 3.05) is 0 Å². The molecule has 168 valence electrons. The van der Waals surface area contributed by atoms with Crippen molar-refractivity contribution in [3.8, 4) is 29.0 Å². The fourth-order valence-electron chi connectivity index (χ4n) is 4.27. The van der Waals surface area contributed by atoms with Gasteiger partial charge in [-0.1, -0.05) is 78.3 Å². The maximum atomic E-state index is 9.98. The Balaban J connectivity index is 1.50. The van der Waals surface area contributed by atoms with E-state index in [0.717, 1.165) is 39.1 Å². The highest BCUT2D eigenvalue weighted by Gasteiger charge is 2.21.